The van der Waals surface area contributed by atoms with Crippen LogP contribution in [0.3, 0.4) is 0 Å². The first-order valence-corrected chi connectivity index (χ1v) is 5.76. The van der Waals surface area contributed by atoms with Crippen molar-refractivity contribution in [1.29, 1.82) is 0 Å². The summed E-state index contributed by atoms with van der Waals surface area (Å²) >= 11 is 1.76. The van der Waals surface area contributed by atoms with Crippen LogP contribution in [0.4, 0.5) is 0 Å². The van der Waals surface area contributed by atoms with Gasteiger partial charge in [0.15, 0.2) is 0 Å². The average molecular weight is 209 g/mol. The van der Waals surface area contributed by atoms with E-state index in [0.717, 1.165) is 0 Å². The molecule has 15 heavy (non-hydrogen) atoms. The molecular formula is C14H9S. The number of hydrogen-bond donors (Lipinski definition) is 0. The minimum absolute atomic E-state index is 1.18. The third kappa shape index (κ3) is 1.55. The predicted octanol–water partition coefficient (Wildman–Crippen LogP) is 4.37. The van der Waals surface area contributed by atoms with Crippen molar-refractivity contribution >= 4 is 22.1 Å². The molecule has 1 heteroatoms. The van der Waals surface area contributed by atoms with Gasteiger partial charge in [0, 0.05) is 4.88 Å². The number of fused-ring (bicyclic) bond motifs is 1. The zero-order valence-electron chi connectivity index (χ0n) is 8.10. The van der Waals surface area contributed by atoms with Gasteiger partial charge in [-0.1, -0.05) is 30.3 Å². The molecule has 0 aliphatic heterocycles. The van der Waals surface area contributed by atoms with E-state index in [2.05, 4.69) is 53.9 Å². The fourth-order valence-electron chi connectivity index (χ4n) is 1.70. The number of thiophene rings is 1. The maximum atomic E-state index is 3.31. The van der Waals surface area contributed by atoms with Crippen LogP contribution in [0.1, 0.15) is 0 Å². The molecule has 0 N–H and O–H groups in total. The van der Waals surface area contributed by atoms with Crippen LogP contribution in [0.5, 0.6) is 0 Å². The summed E-state index contributed by atoms with van der Waals surface area (Å²) in [4.78, 5) is 1.30. The summed E-state index contributed by atoms with van der Waals surface area (Å²) in [5.74, 6) is 0. The molecular weight excluding hydrogens is 200 g/mol. The standard InChI is InChI=1S/C14H9S/c1-2-5-12-10-13(8-7-11(12)4-1)14-6-3-9-15-14/h1-6,8-10H. The van der Waals surface area contributed by atoms with Gasteiger partial charge in [0.05, 0.1) is 0 Å². The molecule has 0 atom stereocenters. The number of benzene rings is 2. The molecule has 0 spiro atoms. The van der Waals surface area contributed by atoms with Crippen LogP contribution in [0.15, 0.2) is 53.9 Å². The molecule has 0 fully saturated rings. The van der Waals surface area contributed by atoms with Crippen LogP contribution in [-0.2, 0) is 0 Å². The molecule has 3 rings (SSSR count). The van der Waals surface area contributed by atoms with E-state index in [1.54, 1.807) is 11.3 Å². The van der Waals surface area contributed by atoms with Crippen molar-refractivity contribution in [2.75, 3.05) is 0 Å². The normalized spacial score (nSPS) is 10.7. The maximum Gasteiger partial charge on any atom is 0.0343 e. The van der Waals surface area contributed by atoms with Crippen molar-refractivity contribution in [3.05, 3.63) is 60.0 Å². The quantitative estimate of drug-likeness (QED) is 0.558. The summed E-state index contributed by atoms with van der Waals surface area (Å²) < 4.78 is 0. The van der Waals surface area contributed by atoms with E-state index in [-0.39, 0.29) is 0 Å². The van der Waals surface area contributed by atoms with Crippen LogP contribution >= 0.6 is 11.3 Å². The van der Waals surface area contributed by atoms with Crippen LogP contribution in [-0.4, -0.2) is 0 Å². The molecule has 0 unspecified atom stereocenters. The van der Waals surface area contributed by atoms with Crippen molar-refractivity contribution in [2.24, 2.45) is 0 Å². The highest BCUT2D eigenvalue weighted by atomic mass is 32.1. The van der Waals surface area contributed by atoms with Gasteiger partial charge in [-0.3, -0.25) is 0 Å². The highest BCUT2D eigenvalue weighted by Crippen LogP contribution is 2.27. The number of rotatable bonds is 1. The Labute approximate surface area is 92.8 Å². The van der Waals surface area contributed by atoms with Crippen LogP contribution < -0.4 is 0 Å². The Kier molecular flexibility index (Phi) is 2.04. The summed E-state index contributed by atoms with van der Waals surface area (Å²) in [7, 11) is 0. The van der Waals surface area contributed by atoms with Crippen LogP contribution in [0, 0.1) is 6.07 Å². The SMILES string of the molecule is [c]1cc(-c2cccs2)cc2ccccc12. The second kappa shape index (κ2) is 3.52. The molecule has 1 aromatic heterocycles. The predicted molar refractivity (Wildman–Crippen MR) is 66.1 cm³/mol. The highest BCUT2D eigenvalue weighted by Gasteiger charge is 1.99. The van der Waals surface area contributed by atoms with Gasteiger partial charge in [0.1, 0.15) is 0 Å². The summed E-state index contributed by atoms with van der Waals surface area (Å²) in [6.45, 7) is 0. The Morgan fingerprint density at radius 1 is 1.00 bits per heavy atom. The zero-order valence-corrected chi connectivity index (χ0v) is 8.92. The van der Waals surface area contributed by atoms with Crippen molar-refractivity contribution in [3.8, 4) is 10.4 Å². The summed E-state index contributed by atoms with van der Waals surface area (Å²) in [5.41, 5.74) is 1.25. The Morgan fingerprint density at radius 2 is 1.93 bits per heavy atom. The highest BCUT2D eigenvalue weighted by molar-refractivity contribution is 7.13. The fraction of sp³-hybridized carbons (Fsp3) is 0. The van der Waals surface area contributed by atoms with Gasteiger partial charge in [0.25, 0.3) is 0 Å². The lowest BCUT2D eigenvalue weighted by atomic mass is 10.1. The minimum atomic E-state index is 1.18. The average Bonchev–Trinajstić information content (AvgIpc) is 2.82. The lowest BCUT2D eigenvalue weighted by molar-refractivity contribution is 1.72. The molecule has 0 bridgehead atoms. The van der Waals surface area contributed by atoms with E-state index in [9.17, 15) is 0 Å². The lowest BCUT2D eigenvalue weighted by Crippen LogP contribution is -1.75. The molecule has 0 amide bonds. The van der Waals surface area contributed by atoms with E-state index in [1.165, 1.54) is 21.2 Å². The molecule has 0 aliphatic carbocycles. The van der Waals surface area contributed by atoms with Crippen molar-refractivity contribution in [3.63, 3.8) is 0 Å². The molecule has 1 heterocycles. The monoisotopic (exact) mass is 209 g/mol. The molecule has 0 saturated heterocycles. The van der Waals surface area contributed by atoms with E-state index < -0.39 is 0 Å². The smallest absolute Gasteiger partial charge is 0.0343 e. The fourth-order valence-corrected chi connectivity index (χ4v) is 2.42. The molecule has 0 saturated carbocycles. The van der Waals surface area contributed by atoms with Crippen LogP contribution in [0.25, 0.3) is 21.2 Å². The minimum Gasteiger partial charge on any atom is -0.144 e. The Balaban J connectivity index is 2.22. The Hall–Kier alpha value is -1.60. The van der Waals surface area contributed by atoms with Gasteiger partial charge in [0.2, 0.25) is 0 Å². The third-order valence-electron chi connectivity index (χ3n) is 2.46. The van der Waals surface area contributed by atoms with Gasteiger partial charge >= 0.3 is 0 Å². The number of hydrogen-bond acceptors (Lipinski definition) is 1. The third-order valence-corrected chi connectivity index (χ3v) is 3.38. The van der Waals surface area contributed by atoms with E-state index in [1.807, 2.05) is 6.07 Å². The first-order chi connectivity index (χ1) is 7.43. The zero-order chi connectivity index (χ0) is 10.1. The molecule has 1 radical (unpaired) electrons. The maximum absolute atomic E-state index is 3.31. The van der Waals surface area contributed by atoms with Crippen molar-refractivity contribution < 1.29 is 0 Å². The first kappa shape index (κ1) is 8.69. The van der Waals surface area contributed by atoms with Gasteiger partial charge in [-0.15, -0.1) is 11.3 Å². The summed E-state index contributed by atoms with van der Waals surface area (Å²) in [5, 5.41) is 4.53. The molecule has 71 valence electrons. The second-order valence-electron chi connectivity index (χ2n) is 3.45. The Bertz CT molecular complexity index is 579. The van der Waals surface area contributed by atoms with Gasteiger partial charge in [-0.2, -0.15) is 0 Å². The molecule has 3 aromatic rings. The van der Waals surface area contributed by atoms with E-state index >= 15 is 0 Å². The topological polar surface area (TPSA) is 0 Å². The molecule has 0 aliphatic rings. The van der Waals surface area contributed by atoms with Gasteiger partial charge in [-0.25, -0.2) is 0 Å². The largest absolute Gasteiger partial charge is 0.144 e. The van der Waals surface area contributed by atoms with Crippen molar-refractivity contribution in [2.45, 2.75) is 0 Å². The van der Waals surface area contributed by atoms with E-state index in [0.29, 0.717) is 0 Å². The Morgan fingerprint density at radius 3 is 2.80 bits per heavy atom. The van der Waals surface area contributed by atoms with Gasteiger partial charge in [-0.05, 0) is 46.0 Å². The van der Waals surface area contributed by atoms with Crippen molar-refractivity contribution in [1.82, 2.24) is 0 Å². The second-order valence-corrected chi connectivity index (χ2v) is 4.40. The van der Waals surface area contributed by atoms with E-state index in [4.69, 9.17) is 0 Å². The first-order valence-electron chi connectivity index (χ1n) is 4.88. The van der Waals surface area contributed by atoms with Gasteiger partial charge < -0.3 is 0 Å². The lowest BCUT2D eigenvalue weighted by Gasteiger charge is -2.00. The molecule has 0 nitrogen and oxygen atoms in total. The summed E-state index contributed by atoms with van der Waals surface area (Å²) in [6, 6.07) is 20.1. The molecule has 2 aromatic carbocycles. The summed E-state index contributed by atoms with van der Waals surface area (Å²) in [6.07, 6.45) is 0. The van der Waals surface area contributed by atoms with Crippen LogP contribution in [0.2, 0.25) is 0 Å².